The van der Waals surface area contributed by atoms with Crippen molar-refractivity contribution in [3.63, 3.8) is 0 Å². The minimum Gasteiger partial charge on any atom is -0.323 e. The van der Waals surface area contributed by atoms with Gasteiger partial charge in [-0.15, -0.1) is 11.3 Å². The third-order valence-corrected chi connectivity index (χ3v) is 4.02. The van der Waals surface area contributed by atoms with E-state index >= 15 is 0 Å². The summed E-state index contributed by atoms with van der Waals surface area (Å²) in [5.41, 5.74) is 7.20. The van der Waals surface area contributed by atoms with Gasteiger partial charge in [-0.25, -0.2) is 4.98 Å². The maximum atomic E-state index is 12.4. The Morgan fingerprint density at radius 2 is 2.00 bits per heavy atom. The molecule has 0 aliphatic carbocycles. The number of nitrogens with two attached hydrogens (primary N) is 1. The highest BCUT2D eigenvalue weighted by molar-refractivity contribution is 7.14. The second-order valence-electron chi connectivity index (χ2n) is 4.85. The van der Waals surface area contributed by atoms with Gasteiger partial charge in [-0.05, 0) is 23.8 Å². The maximum Gasteiger partial charge on any atom is 0.258 e. The van der Waals surface area contributed by atoms with Gasteiger partial charge in [0.15, 0.2) is 5.13 Å². The molecule has 3 rings (SSSR count). The lowest BCUT2D eigenvalue weighted by Crippen LogP contribution is -2.12. The summed E-state index contributed by atoms with van der Waals surface area (Å²) in [7, 11) is 0. The van der Waals surface area contributed by atoms with Gasteiger partial charge < -0.3 is 5.73 Å². The number of benzene rings is 2. The van der Waals surface area contributed by atoms with Crippen molar-refractivity contribution < 1.29 is 4.79 Å². The van der Waals surface area contributed by atoms with Crippen LogP contribution in [-0.4, -0.2) is 10.9 Å². The standard InChI is InChI=1S/C16H15N3OS/c1-10(17)14-9-21-16(18-14)19-15(20)13-8-4-6-11-5-2-3-7-12(11)13/h2-10H,17H2,1H3,(H,18,19,20). The lowest BCUT2D eigenvalue weighted by Gasteiger charge is -2.06. The topological polar surface area (TPSA) is 68.0 Å². The van der Waals surface area contributed by atoms with Gasteiger partial charge >= 0.3 is 0 Å². The number of amides is 1. The van der Waals surface area contributed by atoms with E-state index in [2.05, 4.69) is 10.3 Å². The van der Waals surface area contributed by atoms with Gasteiger partial charge in [-0.2, -0.15) is 0 Å². The number of hydrogen-bond donors (Lipinski definition) is 2. The molecule has 0 bridgehead atoms. The first-order chi connectivity index (χ1) is 10.1. The number of nitrogens with zero attached hydrogens (tertiary/aromatic N) is 1. The number of rotatable bonds is 3. The molecule has 2 aromatic carbocycles. The van der Waals surface area contributed by atoms with Crippen LogP contribution >= 0.6 is 11.3 Å². The molecule has 0 aliphatic heterocycles. The third-order valence-electron chi connectivity index (χ3n) is 3.24. The second kappa shape index (κ2) is 5.63. The number of thiazole rings is 1. The summed E-state index contributed by atoms with van der Waals surface area (Å²) in [4.78, 5) is 16.7. The van der Waals surface area contributed by atoms with Crippen LogP contribution in [0.2, 0.25) is 0 Å². The number of nitrogens with one attached hydrogen (secondary N) is 1. The van der Waals surface area contributed by atoms with Crippen LogP contribution in [0.5, 0.6) is 0 Å². The quantitative estimate of drug-likeness (QED) is 0.776. The zero-order chi connectivity index (χ0) is 14.8. The summed E-state index contributed by atoms with van der Waals surface area (Å²) in [5, 5.41) is 7.25. The molecule has 1 amide bonds. The first-order valence-electron chi connectivity index (χ1n) is 6.65. The van der Waals surface area contributed by atoms with Crippen molar-refractivity contribution in [1.82, 2.24) is 4.98 Å². The molecular formula is C16H15N3OS. The number of fused-ring (bicyclic) bond motifs is 1. The van der Waals surface area contributed by atoms with Crippen molar-refractivity contribution in [2.75, 3.05) is 5.32 Å². The fraction of sp³-hybridized carbons (Fsp3) is 0.125. The summed E-state index contributed by atoms with van der Waals surface area (Å²) in [5.74, 6) is -0.155. The highest BCUT2D eigenvalue weighted by Gasteiger charge is 2.12. The van der Waals surface area contributed by atoms with E-state index in [1.165, 1.54) is 11.3 Å². The Bertz CT molecular complexity index is 790. The Kier molecular flexibility index (Phi) is 3.68. The van der Waals surface area contributed by atoms with Crippen molar-refractivity contribution in [1.29, 1.82) is 0 Å². The van der Waals surface area contributed by atoms with E-state index in [-0.39, 0.29) is 11.9 Å². The van der Waals surface area contributed by atoms with E-state index in [4.69, 9.17) is 5.73 Å². The first kappa shape index (κ1) is 13.7. The number of carbonyl (C=O) groups excluding carboxylic acids is 1. The fourth-order valence-corrected chi connectivity index (χ4v) is 2.95. The molecule has 1 atom stereocenters. The molecule has 0 spiro atoms. The molecule has 4 nitrogen and oxygen atoms in total. The van der Waals surface area contributed by atoms with Gasteiger partial charge in [0.05, 0.1) is 5.69 Å². The van der Waals surface area contributed by atoms with E-state index in [0.29, 0.717) is 10.7 Å². The van der Waals surface area contributed by atoms with E-state index in [0.717, 1.165) is 16.5 Å². The predicted octanol–water partition coefficient (Wildman–Crippen LogP) is 3.57. The highest BCUT2D eigenvalue weighted by atomic mass is 32.1. The predicted molar refractivity (Wildman–Crippen MR) is 86.6 cm³/mol. The van der Waals surface area contributed by atoms with Gasteiger partial charge in [0, 0.05) is 17.0 Å². The molecule has 5 heteroatoms. The van der Waals surface area contributed by atoms with E-state index in [1.807, 2.05) is 54.8 Å². The molecule has 0 aliphatic rings. The third kappa shape index (κ3) is 2.79. The average Bonchev–Trinajstić information content (AvgIpc) is 2.95. The lowest BCUT2D eigenvalue weighted by molar-refractivity contribution is 0.102. The Hall–Kier alpha value is -2.24. The molecule has 3 N–H and O–H groups in total. The molecule has 1 heterocycles. The molecule has 1 aromatic heterocycles. The van der Waals surface area contributed by atoms with Gasteiger partial charge in [-0.3, -0.25) is 10.1 Å². The van der Waals surface area contributed by atoms with Gasteiger partial charge in [0.1, 0.15) is 0 Å². The number of carbonyl (C=O) groups is 1. The summed E-state index contributed by atoms with van der Waals surface area (Å²) < 4.78 is 0. The Morgan fingerprint density at radius 3 is 2.76 bits per heavy atom. The smallest absolute Gasteiger partial charge is 0.258 e. The van der Waals surface area contributed by atoms with Crippen LogP contribution in [-0.2, 0) is 0 Å². The van der Waals surface area contributed by atoms with E-state index in [9.17, 15) is 4.79 Å². The molecule has 3 aromatic rings. The number of hydrogen-bond acceptors (Lipinski definition) is 4. The van der Waals surface area contributed by atoms with Gasteiger partial charge in [0.2, 0.25) is 0 Å². The van der Waals surface area contributed by atoms with Crippen molar-refractivity contribution in [2.45, 2.75) is 13.0 Å². The molecule has 0 radical (unpaired) electrons. The van der Waals surface area contributed by atoms with Gasteiger partial charge in [0.25, 0.3) is 5.91 Å². The molecule has 0 fully saturated rings. The Morgan fingerprint density at radius 1 is 1.24 bits per heavy atom. The molecule has 21 heavy (non-hydrogen) atoms. The summed E-state index contributed by atoms with van der Waals surface area (Å²) in [6.45, 7) is 1.87. The van der Waals surface area contributed by atoms with Crippen molar-refractivity contribution >= 4 is 33.1 Å². The van der Waals surface area contributed by atoms with Crippen LogP contribution in [0.25, 0.3) is 10.8 Å². The monoisotopic (exact) mass is 297 g/mol. The van der Waals surface area contributed by atoms with E-state index in [1.54, 1.807) is 0 Å². The molecule has 106 valence electrons. The van der Waals surface area contributed by atoms with Crippen LogP contribution in [0.1, 0.15) is 29.0 Å². The maximum absolute atomic E-state index is 12.4. The molecule has 0 saturated carbocycles. The fourth-order valence-electron chi connectivity index (χ4n) is 2.14. The summed E-state index contributed by atoms with van der Waals surface area (Å²) in [6, 6.07) is 13.4. The SMILES string of the molecule is CC(N)c1csc(NC(=O)c2cccc3ccccc23)n1. The van der Waals surface area contributed by atoms with Crippen LogP contribution in [0.15, 0.2) is 47.8 Å². The van der Waals surface area contributed by atoms with Crippen LogP contribution < -0.4 is 11.1 Å². The normalized spacial score (nSPS) is 12.3. The molecule has 0 saturated heterocycles. The summed E-state index contributed by atoms with van der Waals surface area (Å²) >= 11 is 1.38. The highest BCUT2D eigenvalue weighted by Crippen LogP contribution is 2.22. The number of anilines is 1. The molecular weight excluding hydrogens is 282 g/mol. The first-order valence-corrected chi connectivity index (χ1v) is 7.53. The Balaban J connectivity index is 1.90. The number of aromatic nitrogens is 1. The zero-order valence-electron chi connectivity index (χ0n) is 11.5. The van der Waals surface area contributed by atoms with Crippen LogP contribution in [0.4, 0.5) is 5.13 Å². The van der Waals surface area contributed by atoms with Gasteiger partial charge in [-0.1, -0.05) is 36.4 Å². The minimum absolute atomic E-state index is 0.135. The summed E-state index contributed by atoms with van der Waals surface area (Å²) in [6.07, 6.45) is 0. The van der Waals surface area contributed by atoms with Crippen LogP contribution in [0.3, 0.4) is 0 Å². The second-order valence-corrected chi connectivity index (χ2v) is 5.71. The minimum atomic E-state index is -0.155. The van der Waals surface area contributed by atoms with E-state index < -0.39 is 0 Å². The lowest BCUT2D eigenvalue weighted by atomic mass is 10.0. The average molecular weight is 297 g/mol. The van der Waals surface area contributed by atoms with Crippen molar-refractivity contribution in [3.8, 4) is 0 Å². The largest absolute Gasteiger partial charge is 0.323 e. The zero-order valence-corrected chi connectivity index (χ0v) is 12.4. The van der Waals surface area contributed by atoms with Crippen LogP contribution in [0, 0.1) is 0 Å². The molecule has 1 unspecified atom stereocenters. The Labute approximate surface area is 126 Å². The van der Waals surface area contributed by atoms with Crippen molar-refractivity contribution in [2.24, 2.45) is 5.73 Å². The van der Waals surface area contributed by atoms with Crippen molar-refractivity contribution in [3.05, 3.63) is 59.1 Å².